The van der Waals surface area contributed by atoms with Gasteiger partial charge in [-0.3, -0.25) is 4.90 Å². The van der Waals surface area contributed by atoms with Gasteiger partial charge in [-0.15, -0.1) is 0 Å². The lowest BCUT2D eigenvalue weighted by Crippen LogP contribution is -2.83. The van der Waals surface area contributed by atoms with E-state index in [1.807, 2.05) is 13.2 Å². The number of ether oxygens (including phenoxy) is 3. The van der Waals surface area contributed by atoms with Crippen LogP contribution >= 0.6 is 0 Å². The predicted octanol–water partition coefficient (Wildman–Crippen LogP) is 5.11. The first-order valence-corrected chi connectivity index (χ1v) is 13.7. The fourth-order valence-corrected chi connectivity index (χ4v) is 9.88. The summed E-state index contributed by atoms with van der Waals surface area (Å²) in [4.78, 5) is 2.91. The maximum absolute atomic E-state index is 7.06. The monoisotopic (exact) mass is 475 g/mol. The Morgan fingerprint density at radius 2 is 2.06 bits per heavy atom. The third-order valence-electron chi connectivity index (χ3n) is 11.3. The minimum Gasteiger partial charge on any atom is -0.486 e. The van der Waals surface area contributed by atoms with E-state index < -0.39 is 0 Å². The molecule has 0 amide bonds. The van der Waals surface area contributed by atoms with Gasteiger partial charge in [0.05, 0.1) is 25.7 Å². The molecule has 5 fully saturated rings. The molecule has 7 aliphatic rings. The second-order valence-electron chi connectivity index (χ2n) is 12.8. The molecular weight excluding hydrogens is 438 g/mol. The Labute approximate surface area is 208 Å². The summed E-state index contributed by atoms with van der Waals surface area (Å²) in [7, 11) is 1.93. The lowest BCUT2D eigenvalue weighted by atomic mass is 9.32. The molecule has 0 N–H and O–H groups in total. The molecule has 0 radical (unpaired) electrons. The molecule has 186 valence electrons. The minimum absolute atomic E-state index is 0.0621. The molecule has 5 heteroatoms. The number of hydrogen-bond acceptors (Lipinski definition) is 5. The zero-order chi connectivity index (χ0) is 23.5. The maximum Gasteiger partial charge on any atom is 0.139 e. The lowest BCUT2D eigenvalue weighted by molar-refractivity contribution is -0.314. The van der Waals surface area contributed by atoms with Gasteiger partial charge in [0.1, 0.15) is 17.5 Å². The number of furan rings is 1. The Morgan fingerprint density at radius 1 is 1.14 bits per heavy atom. The topological polar surface area (TPSA) is 44.1 Å². The van der Waals surface area contributed by atoms with Crippen LogP contribution in [0.1, 0.15) is 62.1 Å². The van der Waals surface area contributed by atoms with Crippen molar-refractivity contribution in [2.24, 2.45) is 16.7 Å². The van der Waals surface area contributed by atoms with Crippen molar-refractivity contribution in [2.75, 3.05) is 26.8 Å². The molecule has 6 atom stereocenters. The zero-order valence-electron chi connectivity index (χ0n) is 21.1. The first-order chi connectivity index (χ1) is 17.1. The number of benzene rings is 1. The van der Waals surface area contributed by atoms with E-state index >= 15 is 0 Å². The summed E-state index contributed by atoms with van der Waals surface area (Å²) in [5.41, 5.74) is 4.02. The van der Waals surface area contributed by atoms with Gasteiger partial charge in [-0.05, 0) is 75.1 Å². The number of rotatable bonds is 7. The third-order valence-corrected chi connectivity index (χ3v) is 11.3. The molecule has 5 aliphatic carbocycles. The normalized spacial score (nSPS) is 42.7. The molecule has 1 aromatic carbocycles. The van der Waals surface area contributed by atoms with Gasteiger partial charge < -0.3 is 18.6 Å². The van der Waals surface area contributed by atoms with E-state index in [9.17, 15) is 0 Å². The van der Waals surface area contributed by atoms with E-state index in [0.29, 0.717) is 19.3 Å². The van der Waals surface area contributed by atoms with Crippen molar-refractivity contribution >= 4 is 0 Å². The van der Waals surface area contributed by atoms with Gasteiger partial charge >= 0.3 is 0 Å². The highest BCUT2D eigenvalue weighted by atomic mass is 16.6. The smallest absolute Gasteiger partial charge is 0.139 e. The van der Waals surface area contributed by atoms with Gasteiger partial charge in [-0.25, -0.2) is 0 Å². The van der Waals surface area contributed by atoms with Crippen LogP contribution in [-0.2, 0) is 27.9 Å². The van der Waals surface area contributed by atoms with Crippen molar-refractivity contribution in [1.82, 2.24) is 4.90 Å². The van der Waals surface area contributed by atoms with Gasteiger partial charge in [0.2, 0.25) is 0 Å². The summed E-state index contributed by atoms with van der Waals surface area (Å²) in [5.74, 6) is 2.05. The Kier molecular flexibility index (Phi) is 4.22. The first-order valence-electron chi connectivity index (χ1n) is 13.7. The van der Waals surface area contributed by atoms with E-state index in [1.54, 1.807) is 18.1 Å². The van der Waals surface area contributed by atoms with E-state index in [0.717, 1.165) is 30.1 Å². The van der Waals surface area contributed by atoms with Crippen LogP contribution in [0, 0.1) is 16.7 Å². The Balaban J connectivity index is 1.25. The quantitative estimate of drug-likeness (QED) is 0.557. The van der Waals surface area contributed by atoms with Crippen molar-refractivity contribution in [3.63, 3.8) is 0 Å². The number of nitrogens with zero attached hydrogens (tertiary/aromatic N) is 1. The number of likely N-dealkylation sites (tertiary alicyclic amines) is 1. The summed E-state index contributed by atoms with van der Waals surface area (Å²) in [6.45, 7) is 6.18. The summed E-state index contributed by atoms with van der Waals surface area (Å²) < 4.78 is 25.5. The molecule has 5 nitrogen and oxygen atoms in total. The summed E-state index contributed by atoms with van der Waals surface area (Å²) in [6.07, 6.45) is 12.2. The molecule has 2 aromatic rings. The second kappa shape index (κ2) is 6.93. The van der Waals surface area contributed by atoms with Crippen molar-refractivity contribution in [2.45, 2.75) is 81.6 Å². The van der Waals surface area contributed by atoms with Crippen LogP contribution in [0.15, 0.2) is 41.2 Å². The minimum atomic E-state index is -0.345. The number of fused-ring (bicyclic) bond motifs is 2. The van der Waals surface area contributed by atoms with Crippen LogP contribution in [0.25, 0.3) is 0 Å². The molecular formula is C30H37NO4. The van der Waals surface area contributed by atoms with Gasteiger partial charge in [-0.1, -0.05) is 19.1 Å². The van der Waals surface area contributed by atoms with Crippen LogP contribution in [0.3, 0.4) is 0 Å². The van der Waals surface area contributed by atoms with Gasteiger partial charge in [-0.2, -0.15) is 0 Å². The molecule has 4 bridgehead atoms. The molecule has 35 heavy (non-hydrogen) atoms. The highest BCUT2D eigenvalue weighted by Crippen LogP contribution is 2.78. The van der Waals surface area contributed by atoms with E-state index in [-0.39, 0.29) is 27.9 Å². The number of piperidine rings is 1. The second-order valence-corrected chi connectivity index (χ2v) is 12.8. The average Bonchev–Trinajstić information content (AvgIpc) is 3.37. The Hall–Kier alpha value is -1.82. The van der Waals surface area contributed by atoms with Crippen LogP contribution in [0.2, 0.25) is 0 Å². The highest BCUT2D eigenvalue weighted by molar-refractivity contribution is 5.59. The lowest BCUT2D eigenvalue weighted by Gasteiger charge is -2.76. The Bertz CT molecular complexity index is 1160. The molecule has 1 saturated heterocycles. The fourth-order valence-electron chi connectivity index (χ4n) is 9.88. The molecule has 1 aromatic heterocycles. The van der Waals surface area contributed by atoms with Gasteiger partial charge in [0.15, 0.2) is 0 Å². The Morgan fingerprint density at radius 3 is 2.86 bits per heavy atom. The average molecular weight is 476 g/mol. The molecule has 2 aliphatic heterocycles. The van der Waals surface area contributed by atoms with E-state index in [2.05, 4.69) is 30.0 Å². The molecule has 3 heterocycles. The van der Waals surface area contributed by atoms with Crippen molar-refractivity contribution in [3.8, 4) is 5.75 Å². The molecule has 0 unspecified atom stereocenters. The SMILES string of the molecule is CO[C@]12CC[C@@]3(C[C@]1(C)COCc1ccoc1)[C@H]1Cc4cccc5c4[C@@]3(CCN1CC1CC1)[C@H]2O5. The van der Waals surface area contributed by atoms with Crippen molar-refractivity contribution < 1.29 is 18.6 Å². The first kappa shape index (κ1) is 21.3. The molecule has 9 rings (SSSR count). The molecule has 4 saturated carbocycles. The van der Waals surface area contributed by atoms with Crippen LogP contribution in [-0.4, -0.2) is 49.5 Å². The maximum atomic E-state index is 7.06. The molecule has 2 spiro atoms. The fraction of sp³-hybridized carbons (Fsp3) is 0.667. The summed E-state index contributed by atoms with van der Waals surface area (Å²) in [6, 6.07) is 9.42. The van der Waals surface area contributed by atoms with Gasteiger partial charge in [0, 0.05) is 47.1 Å². The summed E-state index contributed by atoms with van der Waals surface area (Å²) in [5, 5.41) is 0. The predicted molar refractivity (Wildman–Crippen MR) is 131 cm³/mol. The number of methoxy groups -OCH3 is 1. The van der Waals surface area contributed by atoms with Crippen molar-refractivity contribution in [1.29, 1.82) is 0 Å². The largest absolute Gasteiger partial charge is 0.486 e. The third kappa shape index (κ3) is 2.46. The van der Waals surface area contributed by atoms with Crippen LogP contribution < -0.4 is 4.74 Å². The number of hydrogen-bond donors (Lipinski definition) is 0. The van der Waals surface area contributed by atoms with E-state index in [1.165, 1.54) is 50.8 Å². The standard InChI is InChI=1S/C30H37NO4/c1-27(19-34-17-21-8-13-33-16-21)18-28-9-10-30(27,32-2)26-29(28)11-12-31(15-20-6-7-20)24(28)14-22-4-3-5-23(35-26)25(22)29/h3-5,8,13,16,20,24,26H,6-7,9-12,14-15,17-19H2,1-2H3/t24-,26-,27-,28-,29+,30+/m1/s1. The summed E-state index contributed by atoms with van der Waals surface area (Å²) >= 11 is 0. The highest BCUT2D eigenvalue weighted by Gasteiger charge is 2.82. The van der Waals surface area contributed by atoms with Crippen LogP contribution in [0.5, 0.6) is 5.75 Å². The van der Waals surface area contributed by atoms with E-state index in [4.69, 9.17) is 18.6 Å². The van der Waals surface area contributed by atoms with Gasteiger partial charge in [0.25, 0.3) is 0 Å². The van der Waals surface area contributed by atoms with Crippen LogP contribution in [0.4, 0.5) is 0 Å². The van der Waals surface area contributed by atoms with Crippen molar-refractivity contribution in [3.05, 3.63) is 53.5 Å². The zero-order valence-corrected chi connectivity index (χ0v) is 21.1.